The van der Waals surface area contributed by atoms with Crippen molar-refractivity contribution in [2.24, 2.45) is 0 Å². The third-order valence-electron chi connectivity index (χ3n) is 5.41. The molecule has 1 amide bonds. The average Bonchev–Trinajstić information content (AvgIpc) is 2.72. The van der Waals surface area contributed by atoms with E-state index in [2.05, 4.69) is 35.9 Å². The molecule has 1 aromatic carbocycles. The molecule has 1 fully saturated rings. The molecule has 0 saturated carbocycles. The Kier molecular flexibility index (Phi) is 10.9. The molecule has 0 aliphatic carbocycles. The third-order valence-corrected chi connectivity index (χ3v) is 5.41. The van der Waals surface area contributed by atoms with Crippen molar-refractivity contribution in [3.63, 3.8) is 0 Å². The van der Waals surface area contributed by atoms with Crippen LogP contribution in [-0.4, -0.2) is 67.9 Å². The summed E-state index contributed by atoms with van der Waals surface area (Å²) in [5.41, 5.74) is 0.664. The van der Waals surface area contributed by atoms with Gasteiger partial charge in [-0.25, -0.2) is 4.79 Å². The molecule has 1 aromatic rings. The molecule has 1 aliphatic rings. The zero-order valence-electron chi connectivity index (χ0n) is 18.5. The van der Waals surface area contributed by atoms with Gasteiger partial charge in [0.2, 0.25) is 0 Å². The summed E-state index contributed by atoms with van der Waals surface area (Å²) in [7, 11) is 0. The Morgan fingerprint density at radius 3 is 2.48 bits per heavy atom. The Morgan fingerprint density at radius 2 is 1.76 bits per heavy atom. The normalized spacial score (nSPS) is 15.4. The highest BCUT2D eigenvalue weighted by atomic mass is 16.5. The van der Waals surface area contributed by atoms with Gasteiger partial charge in [-0.2, -0.15) is 0 Å². The first-order valence-electron chi connectivity index (χ1n) is 11.2. The molecule has 1 aliphatic heterocycles. The lowest BCUT2D eigenvalue weighted by Crippen LogP contribution is -2.49. The molecule has 0 radical (unpaired) electrons. The Balaban J connectivity index is 1.66. The highest BCUT2D eigenvalue weighted by Gasteiger charge is 2.18. The maximum atomic E-state index is 12.2. The fraction of sp³-hybridized carbons (Fsp3) is 0.696. The lowest BCUT2D eigenvalue weighted by atomic mass is 10.2. The second-order valence-electron chi connectivity index (χ2n) is 7.99. The Labute approximate surface area is 176 Å². The summed E-state index contributed by atoms with van der Waals surface area (Å²) in [4.78, 5) is 17.0. The number of piperazine rings is 1. The lowest BCUT2D eigenvalue weighted by molar-refractivity contribution is 0.0866. The van der Waals surface area contributed by atoms with E-state index in [0.717, 1.165) is 39.1 Å². The molecule has 6 heteroatoms. The minimum Gasteiger partial charge on any atom is -0.491 e. The molecule has 1 saturated heterocycles. The number of benzene rings is 1. The SMILES string of the molecule is CCCCCCCOc1ccccc1NC(=O)OCCN1CCN(C(C)C)CC1. The summed E-state index contributed by atoms with van der Waals surface area (Å²) in [5.74, 6) is 0.699. The van der Waals surface area contributed by atoms with Crippen molar-refractivity contribution in [2.45, 2.75) is 58.9 Å². The summed E-state index contributed by atoms with van der Waals surface area (Å²) in [5, 5.41) is 2.82. The minimum absolute atomic E-state index is 0.397. The number of ether oxygens (including phenoxy) is 2. The Bertz CT molecular complexity index is 586. The van der Waals surface area contributed by atoms with E-state index in [1.807, 2.05) is 24.3 Å². The van der Waals surface area contributed by atoms with Crippen LogP contribution in [0.25, 0.3) is 0 Å². The summed E-state index contributed by atoms with van der Waals surface area (Å²) in [6.45, 7) is 12.7. The quantitative estimate of drug-likeness (QED) is 0.515. The van der Waals surface area contributed by atoms with E-state index < -0.39 is 6.09 Å². The van der Waals surface area contributed by atoms with Gasteiger partial charge >= 0.3 is 6.09 Å². The first-order valence-corrected chi connectivity index (χ1v) is 11.2. The van der Waals surface area contributed by atoms with Gasteiger partial charge in [0.05, 0.1) is 12.3 Å². The van der Waals surface area contributed by atoms with E-state index >= 15 is 0 Å². The maximum Gasteiger partial charge on any atom is 0.411 e. The van der Waals surface area contributed by atoms with Crippen LogP contribution in [0, 0.1) is 0 Å². The number of rotatable bonds is 12. The van der Waals surface area contributed by atoms with Gasteiger partial charge in [-0.3, -0.25) is 15.1 Å². The van der Waals surface area contributed by atoms with Crippen LogP contribution in [0.15, 0.2) is 24.3 Å². The summed E-state index contributed by atoms with van der Waals surface area (Å²) in [6.07, 6.45) is 5.55. The van der Waals surface area contributed by atoms with Crippen LogP contribution in [0.1, 0.15) is 52.9 Å². The summed E-state index contributed by atoms with van der Waals surface area (Å²) in [6, 6.07) is 8.13. The lowest BCUT2D eigenvalue weighted by Gasteiger charge is -2.36. The molecule has 0 aromatic heterocycles. The number of para-hydroxylation sites is 2. The highest BCUT2D eigenvalue weighted by Crippen LogP contribution is 2.24. The number of anilines is 1. The molecule has 1 N–H and O–H groups in total. The first kappa shape index (κ1) is 23.5. The molecule has 2 rings (SSSR count). The van der Waals surface area contributed by atoms with Crippen molar-refractivity contribution in [2.75, 3.05) is 51.3 Å². The number of unbranched alkanes of at least 4 members (excludes halogenated alkanes) is 4. The predicted octanol–water partition coefficient (Wildman–Crippen LogP) is 4.61. The topological polar surface area (TPSA) is 54.0 Å². The standard InChI is InChI=1S/C23H39N3O3/c1-4-5-6-7-10-18-28-22-12-9-8-11-21(22)24-23(27)29-19-17-25-13-15-26(16-14-25)20(2)3/h8-9,11-12,20H,4-7,10,13-19H2,1-3H3,(H,24,27). The smallest absolute Gasteiger partial charge is 0.411 e. The van der Waals surface area contributed by atoms with Gasteiger partial charge in [-0.15, -0.1) is 0 Å². The second-order valence-corrected chi connectivity index (χ2v) is 7.99. The number of nitrogens with one attached hydrogen (secondary N) is 1. The largest absolute Gasteiger partial charge is 0.491 e. The van der Waals surface area contributed by atoms with Crippen molar-refractivity contribution in [1.82, 2.24) is 9.80 Å². The first-order chi connectivity index (χ1) is 14.1. The maximum absolute atomic E-state index is 12.2. The molecule has 29 heavy (non-hydrogen) atoms. The molecule has 1 heterocycles. The van der Waals surface area contributed by atoms with Crippen molar-refractivity contribution in [3.05, 3.63) is 24.3 Å². The van der Waals surface area contributed by atoms with E-state index in [0.29, 0.717) is 30.7 Å². The van der Waals surface area contributed by atoms with Crippen LogP contribution in [-0.2, 0) is 4.74 Å². The van der Waals surface area contributed by atoms with E-state index in [9.17, 15) is 4.79 Å². The van der Waals surface area contributed by atoms with Crippen LogP contribution in [0.4, 0.5) is 10.5 Å². The number of nitrogens with zero attached hydrogens (tertiary/aromatic N) is 2. The molecule has 0 spiro atoms. The number of hydrogen-bond acceptors (Lipinski definition) is 5. The number of carbonyl (C=O) groups excluding carboxylic acids is 1. The molecular formula is C23H39N3O3. The van der Waals surface area contributed by atoms with Crippen LogP contribution in [0.2, 0.25) is 0 Å². The van der Waals surface area contributed by atoms with E-state index in [1.54, 1.807) is 0 Å². The van der Waals surface area contributed by atoms with Gasteiger partial charge in [0.15, 0.2) is 0 Å². The Morgan fingerprint density at radius 1 is 1.03 bits per heavy atom. The van der Waals surface area contributed by atoms with E-state index in [4.69, 9.17) is 9.47 Å². The predicted molar refractivity (Wildman–Crippen MR) is 119 cm³/mol. The number of hydrogen-bond donors (Lipinski definition) is 1. The average molecular weight is 406 g/mol. The van der Waals surface area contributed by atoms with Crippen LogP contribution in [0.5, 0.6) is 5.75 Å². The van der Waals surface area contributed by atoms with Crippen LogP contribution in [0.3, 0.4) is 0 Å². The van der Waals surface area contributed by atoms with Gasteiger partial charge in [0, 0.05) is 38.8 Å². The zero-order chi connectivity index (χ0) is 20.9. The zero-order valence-corrected chi connectivity index (χ0v) is 18.5. The van der Waals surface area contributed by atoms with Gasteiger partial charge in [0.1, 0.15) is 12.4 Å². The van der Waals surface area contributed by atoms with Gasteiger partial charge < -0.3 is 9.47 Å². The van der Waals surface area contributed by atoms with Gasteiger partial charge in [-0.05, 0) is 32.4 Å². The van der Waals surface area contributed by atoms with Crippen molar-refractivity contribution < 1.29 is 14.3 Å². The number of amides is 1. The second kappa shape index (κ2) is 13.4. The molecule has 0 atom stereocenters. The highest BCUT2D eigenvalue weighted by molar-refractivity contribution is 5.86. The molecule has 0 unspecified atom stereocenters. The fourth-order valence-corrected chi connectivity index (χ4v) is 3.50. The van der Waals surface area contributed by atoms with E-state index in [1.165, 1.54) is 25.7 Å². The minimum atomic E-state index is -0.426. The molecule has 6 nitrogen and oxygen atoms in total. The summed E-state index contributed by atoms with van der Waals surface area (Å²) >= 11 is 0. The fourth-order valence-electron chi connectivity index (χ4n) is 3.50. The molecule has 0 bridgehead atoms. The summed E-state index contributed by atoms with van der Waals surface area (Å²) < 4.78 is 11.3. The Hall–Kier alpha value is -1.79. The van der Waals surface area contributed by atoms with Crippen molar-refractivity contribution in [3.8, 4) is 5.75 Å². The van der Waals surface area contributed by atoms with Crippen molar-refractivity contribution >= 4 is 11.8 Å². The molecule has 164 valence electrons. The van der Waals surface area contributed by atoms with E-state index in [-0.39, 0.29) is 0 Å². The van der Waals surface area contributed by atoms with Gasteiger partial charge in [0.25, 0.3) is 0 Å². The monoisotopic (exact) mass is 405 g/mol. The molecular weight excluding hydrogens is 366 g/mol. The van der Waals surface area contributed by atoms with Crippen LogP contribution >= 0.6 is 0 Å². The van der Waals surface area contributed by atoms with Gasteiger partial charge in [-0.1, -0.05) is 44.7 Å². The number of carbonyl (C=O) groups is 1. The van der Waals surface area contributed by atoms with Crippen molar-refractivity contribution in [1.29, 1.82) is 0 Å². The van der Waals surface area contributed by atoms with Crippen LogP contribution < -0.4 is 10.1 Å². The third kappa shape index (κ3) is 9.05.